The Hall–Kier alpha value is -1.72. The van der Waals surface area contributed by atoms with Gasteiger partial charge < -0.3 is 10.6 Å². The lowest BCUT2D eigenvalue weighted by molar-refractivity contribution is 0.165. The first-order chi connectivity index (χ1) is 26.5. The Morgan fingerprint density at radius 3 is 1.39 bits per heavy atom. The van der Waals surface area contributed by atoms with Gasteiger partial charge in [-0.05, 0) is 132 Å². The second kappa shape index (κ2) is 22.2. The summed E-state index contributed by atoms with van der Waals surface area (Å²) in [6.45, 7) is 26.4. The van der Waals surface area contributed by atoms with E-state index < -0.39 is 22.3 Å². The molecule has 0 spiro atoms. The summed E-state index contributed by atoms with van der Waals surface area (Å²) in [5.74, 6) is 1.94. The number of azo groups is 2. The molecule has 0 aromatic rings. The molecule has 4 amide bonds. The Bertz CT molecular complexity index is 1290. The third kappa shape index (κ3) is 17.1. The zero-order valence-corrected chi connectivity index (χ0v) is 39.3. The number of carbonyl (C=O) groups is 2. The molecule has 0 heterocycles. The first-order valence-corrected chi connectivity index (χ1v) is 23.0. The zero-order chi connectivity index (χ0) is 42.6. The van der Waals surface area contributed by atoms with Gasteiger partial charge in [0.05, 0.1) is 12.1 Å². The van der Waals surface area contributed by atoms with E-state index in [0.29, 0.717) is 16.7 Å². The highest BCUT2D eigenvalue weighted by atomic mass is 32.1. The minimum atomic E-state index is -0.619. The highest BCUT2D eigenvalue weighted by Crippen LogP contribution is 2.40. The van der Waals surface area contributed by atoms with Crippen LogP contribution in [0.1, 0.15) is 167 Å². The number of carbonyl (C=O) groups excluding carboxylic acids is 2. The molecule has 8 N–H and O–H groups in total. The van der Waals surface area contributed by atoms with Gasteiger partial charge in [0.25, 0.3) is 0 Å². The smallest absolute Gasteiger partial charge is 0.329 e. The molecule has 3 saturated carbocycles. The van der Waals surface area contributed by atoms with Crippen molar-refractivity contribution in [3.05, 3.63) is 0 Å². The SMILES string of the molecule is CCC(C)(N=NC1CCC(C(C)(C)C)CC1)NC(S)NNC(=O)NC1CCC(NC(=O)NNC(S)NC(C)(CC)N=NC2CCC(C(C)(C)C)CC2)C(C(C)C)C1. The van der Waals surface area contributed by atoms with Crippen molar-refractivity contribution in [1.29, 1.82) is 0 Å². The highest BCUT2D eigenvalue weighted by Gasteiger charge is 2.35. The monoisotopic (exact) mass is 839 g/mol. The summed E-state index contributed by atoms with van der Waals surface area (Å²) in [7, 11) is 0. The van der Waals surface area contributed by atoms with Gasteiger partial charge in [0.2, 0.25) is 0 Å². The quantitative estimate of drug-likeness (QED) is 0.0303. The number of hydrogen-bond donors (Lipinski definition) is 10. The molecule has 0 saturated heterocycles. The predicted molar refractivity (Wildman–Crippen MR) is 239 cm³/mol. The van der Waals surface area contributed by atoms with Gasteiger partial charge in [0.1, 0.15) is 22.3 Å². The van der Waals surface area contributed by atoms with Crippen molar-refractivity contribution in [3.8, 4) is 0 Å². The van der Waals surface area contributed by atoms with E-state index in [1.165, 1.54) is 25.7 Å². The van der Waals surface area contributed by atoms with Crippen LogP contribution in [0, 0.1) is 34.5 Å². The lowest BCUT2D eigenvalue weighted by Gasteiger charge is -2.39. The van der Waals surface area contributed by atoms with Crippen molar-refractivity contribution < 1.29 is 9.59 Å². The first kappa shape index (κ1) is 49.6. The predicted octanol–water partition coefficient (Wildman–Crippen LogP) is 8.76. The van der Waals surface area contributed by atoms with Crippen LogP contribution in [0.4, 0.5) is 9.59 Å². The fraction of sp³-hybridized carbons (Fsp3) is 0.951. The van der Waals surface area contributed by atoms with Crippen LogP contribution in [0.25, 0.3) is 0 Å². The van der Waals surface area contributed by atoms with Crippen LogP contribution in [0.15, 0.2) is 20.5 Å². The standard InChI is InChI=1S/C41H82N12O2S2/c1-13-40(11,52-46-29-19-15-27(16-20-29)38(5,6)7)44-36(56)50-48-34(54)42-31-23-24-33(32(25-31)26(3)4)43-35(55)49-51-37(57)45-41(12,14-2)53-47-30-21-17-28(18-22-30)39(8,9)10/h26-33,36-37,44-45,50-51,56-57H,13-25H2,1-12H3,(H2,42,48,54)(H2,43,49,55). The molecule has 14 nitrogen and oxygen atoms in total. The zero-order valence-electron chi connectivity index (χ0n) is 37.5. The molecule has 0 bridgehead atoms. The number of nitrogens with zero attached hydrogens (tertiary/aromatic N) is 4. The van der Waals surface area contributed by atoms with E-state index in [0.717, 1.165) is 69.6 Å². The third-order valence-electron chi connectivity index (χ3n) is 13.1. The van der Waals surface area contributed by atoms with Crippen molar-refractivity contribution in [2.24, 2.45) is 55.0 Å². The van der Waals surface area contributed by atoms with Gasteiger partial charge in [-0.3, -0.25) is 21.5 Å². The van der Waals surface area contributed by atoms with Gasteiger partial charge in [-0.25, -0.2) is 20.4 Å². The Kier molecular flexibility index (Phi) is 19.3. The third-order valence-corrected chi connectivity index (χ3v) is 13.6. The van der Waals surface area contributed by atoms with E-state index in [9.17, 15) is 9.59 Å². The molecule has 0 aromatic heterocycles. The minimum absolute atomic E-state index is 0.0340. The molecule has 330 valence electrons. The summed E-state index contributed by atoms with van der Waals surface area (Å²) in [5, 5.41) is 31.9. The van der Waals surface area contributed by atoms with E-state index in [1.54, 1.807) is 0 Å². The molecule has 0 aromatic carbocycles. The van der Waals surface area contributed by atoms with Crippen LogP contribution in [-0.4, -0.2) is 58.6 Å². The Balaban J connectivity index is 1.39. The maximum atomic E-state index is 13.0. The summed E-state index contributed by atoms with van der Waals surface area (Å²) >= 11 is 9.26. The normalized spacial score (nSPS) is 29.7. The first-order valence-electron chi connectivity index (χ1n) is 21.9. The van der Waals surface area contributed by atoms with Crippen LogP contribution in [0.3, 0.4) is 0 Å². The van der Waals surface area contributed by atoms with Gasteiger partial charge in [-0.2, -0.15) is 20.5 Å². The Morgan fingerprint density at radius 2 is 1.02 bits per heavy atom. The molecule has 16 heteroatoms. The molecular formula is C41H82N12O2S2. The molecule has 3 fully saturated rings. The number of thiol groups is 2. The van der Waals surface area contributed by atoms with Gasteiger partial charge in [0, 0.05) is 12.1 Å². The largest absolute Gasteiger partial charge is 0.334 e. The molecule has 3 aliphatic carbocycles. The second-order valence-electron chi connectivity index (χ2n) is 20.0. The van der Waals surface area contributed by atoms with E-state index in [1.807, 2.05) is 13.8 Å². The molecule has 7 atom stereocenters. The van der Waals surface area contributed by atoms with E-state index in [-0.39, 0.29) is 42.1 Å². The van der Waals surface area contributed by atoms with E-state index in [2.05, 4.69) is 137 Å². The number of hydrogen-bond acceptors (Lipinski definition) is 12. The van der Waals surface area contributed by atoms with Crippen molar-refractivity contribution in [2.45, 2.75) is 213 Å². The van der Waals surface area contributed by atoms with Gasteiger partial charge in [-0.15, -0.1) is 25.3 Å². The Morgan fingerprint density at radius 1 is 0.614 bits per heavy atom. The Labute approximate surface area is 356 Å². The molecular weight excluding hydrogens is 757 g/mol. The second-order valence-corrected chi connectivity index (χ2v) is 21.1. The van der Waals surface area contributed by atoms with Crippen molar-refractivity contribution in [1.82, 2.24) is 43.0 Å². The lowest BCUT2D eigenvalue weighted by Crippen LogP contribution is -2.60. The molecule has 0 aliphatic heterocycles. The fourth-order valence-corrected chi connectivity index (χ4v) is 9.23. The van der Waals surface area contributed by atoms with Crippen LogP contribution in [0.2, 0.25) is 0 Å². The maximum Gasteiger partial charge on any atom is 0.329 e. The summed E-state index contributed by atoms with van der Waals surface area (Å²) < 4.78 is 0. The van der Waals surface area contributed by atoms with Crippen LogP contribution < -0.4 is 43.0 Å². The molecule has 3 aliphatic rings. The summed E-state index contributed by atoms with van der Waals surface area (Å²) in [4.78, 5) is 26.0. The topological polar surface area (TPSA) is 180 Å². The van der Waals surface area contributed by atoms with E-state index >= 15 is 0 Å². The molecule has 3 rings (SSSR count). The average molecular weight is 839 g/mol. The van der Waals surface area contributed by atoms with Crippen LogP contribution in [-0.2, 0) is 0 Å². The number of nitrogens with one attached hydrogen (secondary N) is 8. The number of hydrazine groups is 2. The van der Waals surface area contributed by atoms with E-state index in [4.69, 9.17) is 20.5 Å². The van der Waals surface area contributed by atoms with Crippen LogP contribution in [0.5, 0.6) is 0 Å². The molecule has 57 heavy (non-hydrogen) atoms. The summed E-state index contributed by atoms with van der Waals surface area (Å²) in [6.07, 6.45) is 12.6. The molecule has 7 unspecified atom stereocenters. The lowest BCUT2D eigenvalue weighted by atomic mass is 9.71. The maximum absolute atomic E-state index is 13.0. The number of rotatable bonds is 17. The number of urea groups is 2. The fourth-order valence-electron chi connectivity index (χ4n) is 8.54. The minimum Gasteiger partial charge on any atom is -0.334 e. The van der Waals surface area contributed by atoms with Gasteiger partial charge in [0.15, 0.2) is 0 Å². The van der Waals surface area contributed by atoms with Gasteiger partial charge >= 0.3 is 12.1 Å². The van der Waals surface area contributed by atoms with Crippen molar-refractivity contribution in [3.63, 3.8) is 0 Å². The highest BCUT2D eigenvalue weighted by molar-refractivity contribution is 7.81. The summed E-state index contributed by atoms with van der Waals surface area (Å²) in [6, 6.07) is -0.230. The molecule has 0 radical (unpaired) electrons. The van der Waals surface area contributed by atoms with Gasteiger partial charge in [-0.1, -0.05) is 69.2 Å². The summed E-state index contributed by atoms with van der Waals surface area (Å²) in [5.41, 5.74) is 9.77. The average Bonchev–Trinajstić information content (AvgIpc) is 3.15. The number of amides is 4. The van der Waals surface area contributed by atoms with Crippen molar-refractivity contribution >= 4 is 37.3 Å². The van der Waals surface area contributed by atoms with Crippen LogP contribution >= 0.6 is 25.3 Å². The van der Waals surface area contributed by atoms with Crippen molar-refractivity contribution in [2.75, 3.05) is 0 Å².